The summed E-state index contributed by atoms with van der Waals surface area (Å²) in [4.78, 5) is 29.0. The molecule has 3 aromatic carbocycles. The summed E-state index contributed by atoms with van der Waals surface area (Å²) < 4.78 is 0. The minimum atomic E-state index is -0.242. The van der Waals surface area contributed by atoms with Gasteiger partial charge in [-0.25, -0.2) is 0 Å². The van der Waals surface area contributed by atoms with E-state index in [1.165, 1.54) is 4.90 Å². The first-order valence-corrected chi connectivity index (χ1v) is 17.2. The van der Waals surface area contributed by atoms with Crippen molar-refractivity contribution in [3.8, 4) is 11.1 Å². The van der Waals surface area contributed by atoms with Gasteiger partial charge in [-0.2, -0.15) is 0 Å². The van der Waals surface area contributed by atoms with Crippen molar-refractivity contribution in [2.45, 2.75) is 72.1 Å². The summed E-state index contributed by atoms with van der Waals surface area (Å²) in [7, 11) is 0. The highest BCUT2D eigenvalue weighted by Gasteiger charge is 2.49. The molecule has 242 valence electrons. The molecule has 2 aliphatic carbocycles. The SMILES string of the molecule is CCCCNc1c(-c2ccccc2/C(N)=C2\CCC3C(CC\C2=C(/C)N)[C@@H]3CO)cc2c3c(cccc13)C(=O)N(CCCC)C2=O. The normalized spacial score (nSPS) is 23.1. The number of carbonyl (C=O) groups is 2. The van der Waals surface area contributed by atoms with E-state index in [-0.39, 0.29) is 18.4 Å². The molecular formula is C39H48N4O3. The van der Waals surface area contributed by atoms with Crippen molar-refractivity contribution in [1.82, 2.24) is 4.90 Å². The van der Waals surface area contributed by atoms with Crippen LogP contribution < -0.4 is 16.8 Å². The Hall–Kier alpha value is -4.10. The summed E-state index contributed by atoms with van der Waals surface area (Å²) in [5.74, 6) is 1.01. The molecule has 0 saturated heterocycles. The van der Waals surface area contributed by atoms with Crippen LogP contribution >= 0.6 is 0 Å². The van der Waals surface area contributed by atoms with Crippen molar-refractivity contribution in [3.63, 3.8) is 0 Å². The highest BCUT2D eigenvalue weighted by molar-refractivity contribution is 6.28. The molecule has 3 aliphatic rings. The van der Waals surface area contributed by atoms with Crippen LogP contribution in [0.25, 0.3) is 27.6 Å². The molecule has 1 aliphatic heterocycles. The number of hydrogen-bond acceptors (Lipinski definition) is 6. The first-order valence-electron chi connectivity index (χ1n) is 17.2. The fourth-order valence-electron chi connectivity index (χ4n) is 7.95. The number of nitrogens with zero attached hydrogens (tertiary/aromatic N) is 1. The second-order valence-corrected chi connectivity index (χ2v) is 13.3. The number of allylic oxidation sites excluding steroid dienone is 3. The van der Waals surface area contributed by atoms with Crippen molar-refractivity contribution in [2.75, 3.05) is 25.0 Å². The maximum Gasteiger partial charge on any atom is 0.261 e. The van der Waals surface area contributed by atoms with Crippen LogP contribution in [0.2, 0.25) is 0 Å². The first-order chi connectivity index (χ1) is 22.3. The zero-order valence-electron chi connectivity index (χ0n) is 27.5. The third-order valence-electron chi connectivity index (χ3n) is 10.5. The third-order valence-corrected chi connectivity index (χ3v) is 10.5. The number of anilines is 1. The van der Waals surface area contributed by atoms with E-state index in [9.17, 15) is 14.7 Å². The summed E-state index contributed by atoms with van der Waals surface area (Å²) in [5, 5.41) is 15.2. The van der Waals surface area contributed by atoms with Gasteiger partial charge in [-0.15, -0.1) is 0 Å². The van der Waals surface area contributed by atoms with Crippen LogP contribution in [0.15, 0.2) is 65.4 Å². The van der Waals surface area contributed by atoms with Crippen LogP contribution in [0.4, 0.5) is 5.69 Å². The summed E-state index contributed by atoms with van der Waals surface area (Å²) in [5.41, 5.74) is 22.2. The number of carbonyl (C=O) groups excluding carboxylic acids is 2. The van der Waals surface area contributed by atoms with Crippen molar-refractivity contribution < 1.29 is 14.7 Å². The van der Waals surface area contributed by atoms with Crippen LogP contribution in [-0.2, 0) is 0 Å². The number of aliphatic hydroxyl groups is 1. The second kappa shape index (κ2) is 13.3. The Bertz CT molecular complexity index is 1730. The van der Waals surface area contributed by atoms with Crippen LogP contribution in [0.1, 0.15) is 98.4 Å². The van der Waals surface area contributed by atoms with Gasteiger partial charge in [-0.3, -0.25) is 14.5 Å². The van der Waals surface area contributed by atoms with Crippen molar-refractivity contribution >= 4 is 34.0 Å². The third kappa shape index (κ3) is 5.59. The first kappa shape index (κ1) is 31.9. The minimum Gasteiger partial charge on any atom is -0.402 e. The fraction of sp³-hybridized carbons (Fsp3) is 0.436. The molecule has 7 nitrogen and oxygen atoms in total. The monoisotopic (exact) mass is 620 g/mol. The standard InChI is InChI=1S/C39H48N4O3/c1-4-6-19-42-37-30-13-10-14-31-35(30)33(39(46)43(38(31)45)20-7-5-2)21-32(37)25-11-8-9-12-28(25)36(41)29-18-17-27-26(34(27)22-44)16-15-24(29)23(3)40/h8-14,21,26-27,34,42,44H,4-7,15-20,22,40-41H2,1-3H3/b24-23-,36-29-/t26?,27?,34-/m0/s1. The molecule has 0 radical (unpaired) electrons. The molecule has 1 heterocycles. The lowest BCUT2D eigenvalue weighted by Crippen LogP contribution is -2.41. The Morgan fingerprint density at radius 2 is 1.54 bits per heavy atom. The lowest BCUT2D eigenvalue weighted by molar-refractivity contribution is 0.0608. The number of unbranched alkanes of at least 4 members (excludes halogenated alkanes) is 2. The van der Waals surface area contributed by atoms with E-state index in [4.69, 9.17) is 11.5 Å². The van der Waals surface area contributed by atoms with Gasteiger partial charge in [0.2, 0.25) is 0 Å². The number of nitrogens with one attached hydrogen (secondary N) is 1. The van der Waals surface area contributed by atoms with Gasteiger partial charge >= 0.3 is 0 Å². The van der Waals surface area contributed by atoms with E-state index in [0.717, 1.165) is 108 Å². The molecule has 6 N–H and O–H groups in total. The molecule has 2 unspecified atom stereocenters. The van der Waals surface area contributed by atoms with Crippen molar-refractivity contribution in [1.29, 1.82) is 0 Å². The van der Waals surface area contributed by atoms with Gasteiger partial charge in [0, 0.05) is 64.1 Å². The molecule has 3 atom stereocenters. The summed E-state index contributed by atoms with van der Waals surface area (Å²) in [6.07, 6.45) is 7.32. The Morgan fingerprint density at radius 1 is 0.870 bits per heavy atom. The zero-order chi connectivity index (χ0) is 32.5. The molecule has 2 fully saturated rings. The minimum absolute atomic E-state index is 0.222. The molecule has 0 spiro atoms. The summed E-state index contributed by atoms with van der Waals surface area (Å²) >= 11 is 0. The maximum atomic E-state index is 14.0. The lowest BCUT2D eigenvalue weighted by Gasteiger charge is -2.29. The van der Waals surface area contributed by atoms with Gasteiger partial charge in [0.1, 0.15) is 0 Å². The van der Waals surface area contributed by atoms with Crippen LogP contribution in [0.5, 0.6) is 0 Å². The van der Waals surface area contributed by atoms with Crippen molar-refractivity contribution in [3.05, 3.63) is 82.1 Å². The number of rotatable bonds is 10. The van der Waals surface area contributed by atoms with Crippen LogP contribution in [0.3, 0.4) is 0 Å². The van der Waals surface area contributed by atoms with Gasteiger partial charge in [-0.1, -0.05) is 63.1 Å². The fourth-order valence-corrected chi connectivity index (χ4v) is 7.95. The average molecular weight is 621 g/mol. The molecular weight excluding hydrogens is 572 g/mol. The predicted octanol–water partition coefficient (Wildman–Crippen LogP) is 7.45. The molecule has 3 aromatic rings. The number of fused-ring (bicyclic) bond motifs is 1. The zero-order valence-corrected chi connectivity index (χ0v) is 27.5. The summed E-state index contributed by atoms with van der Waals surface area (Å²) in [6.45, 7) is 7.59. The molecule has 0 bridgehead atoms. The number of nitrogens with two attached hydrogens (primary N) is 2. The largest absolute Gasteiger partial charge is 0.402 e. The Balaban J connectivity index is 1.55. The molecule has 2 saturated carbocycles. The lowest BCUT2D eigenvalue weighted by atomic mass is 9.84. The Morgan fingerprint density at radius 3 is 2.24 bits per heavy atom. The number of imide groups is 1. The van der Waals surface area contributed by atoms with Gasteiger partial charge in [0.15, 0.2) is 0 Å². The van der Waals surface area contributed by atoms with Gasteiger partial charge in [-0.05, 0) is 92.0 Å². The Kier molecular flexibility index (Phi) is 9.23. The summed E-state index contributed by atoms with van der Waals surface area (Å²) in [6, 6.07) is 15.9. The van der Waals surface area contributed by atoms with Crippen LogP contribution in [0, 0.1) is 17.8 Å². The number of hydrogen-bond donors (Lipinski definition) is 4. The maximum absolute atomic E-state index is 14.0. The topological polar surface area (TPSA) is 122 Å². The van der Waals surface area contributed by atoms with E-state index in [0.29, 0.717) is 41.1 Å². The van der Waals surface area contributed by atoms with E-state index in [1.54, 1.807) is 0 Å². The van der Waals surface area contributed by atoms with Crippen molar-refractivity contribution in [2.24, 2.45) is 29.2 Å². The van der Waals surface area contributed by atoms with E-state index >= 15 is 0 Å². The number of amides is 2. The Labute approximate surface area is 272 Å². The highest BCUT2D eigenvalue weighted by Crippen LogP contribution is 2.55. The molecule has 6 rings (SSSR count). The number of aliphatic hydroxyl groups excluding tert-OH is 1. The van der Waals surface area contributed by atoms with E-state index in [2.05, 4.69) is 31.3 Å². The molecule has 7 heteroatoms. The van der Waals surface area contributed by atoms with Gasteiger partial charge in [0.25, 0.3) is 11.8 Å². The number of benzene rings is 3. The van der Waals surface area contributed by atoms with Crippen LogP contribution in [-0.4, -0.2) is 41.5 Å². The molecule has 0 aromatic heterocycles. The smallest absolute Gasteiger partial charge is 0.261 e. The van der Waals surface area contributed by atoms with Gasteiger partial charge < -0.3 is 21.9 Å². The average Bonchev–Trinajstić information content (AvgIpc) is 3.73. The van der Waals surface area contributed by atoms with Gasteiger partial charge in [0.05, 0.1) is 5.69 Å². The quantitative estimate of drug-likeness (QED) is 0.138. The van der Waals surface area contributed by atoms with E-state index < -0.39 is 0 Å². The highest BCUT2D eigenvalue weighted by atomic mass is 16.3. The second-order valence-electron chi connectivity index (χ2n) is 13.3. The predicted molar refractivity (Wildman–Crippen MR) is 187 cm³/mol. The molecule has 2 amide bonds. The molecule has 46 heavy (non-hydrogen) atoms. The van der Waals surface area contributed by atoms with E-state index in [1.807, 2.05) is 43.3 Å².